The summed E-state index contributed by atoms with van der Waals surface area (Å²) in [5.41, 5.74) is 1.08. The standard InChI is InChI=1S/C22H17Cl2N3O5/c1-26(22(29)14-3-2-4-17(11-14)27(30)31)16-6-8-18(9-7-16)32-13-21(28)25-15-5-10-19(23)20(24)12-15/h2-12H,13H2,1H3,(H,25,28). The molecule has 0 saturated heterocycles. The minimum Gasteiger partial charge on any atom is -0.484 e. The summed E-state index contributed by atoms with van der Waals surface area (Å²) in [6.45, 7) is -0.234. The lowest BCUT2D eigenvalue weighted by molar-refractivity contribution is -0.384. The third kappa shape index (κ3) is 5.75. The van der Waals surface area contributed by atoms with E-state index in [0.29, 0.717) is 27.2 Å². The zero-order chi connectivity index (χ0) is 23.3. The van der Waals surface area contributed by atoms with Crippen molar-refractivity contribution in [3.8, 4) is 5.75 Å². The Morgan fingerprint density at radius 2 is 1.75 bits per heavy atom. The Kier molecular flexibility index (Phi) is 7.29. The fourth-order valence-corrected chi connectivity index (χ4v) is 3.05. The summed E-state index contributed by atoms with van der Waals surface area (Å²) in [6, 6.07) is 16.7. The average Bonchev–Trinajstić information content (AvgIpc) is 2.79. The Hall–Kier alpha value is -3.62. The maximum Gasteiger partial charge on any atom is 0.270 e. The minimum atomic E-state index is -0.555. The second-order valence-electron chi connectivity index (χ2n) is 6.63. The number of nitrogens with one attached hydrogen (secondary N) is 1. The fraction of sp³-hybridized carbons (Fsp3) is 0.0909. The molecule has 3 aromatic carbocycles. The van der Waals surface area contributed by atoms with Gasteiger partial charge in [0.15, 0.2) is 6.61 Å². The molecule has 0 heterocycles. The third-order valence-electron chi connectivity index (χ3n) is 4.41. The van der Waals surface area contributed by atoms with Crippen LogP contribution in [-0.2, 0) is 4.79 Å². The molecule has 0 spiro atoms. The number of non-ortho nitro benzene ring substituents is 1. The van der Waals surface area contributed by atoms with Crippen LogP contribution in [0, 0.1) is 10.1 Å². The third-order valence-corrected chi connectivity index (χ3v) is 5.14. The maximum atomic E-state index is 12.6. The highest BCUT2D eigenvalue weighted by Crippen LogP contribution is 2.25. The summed E-state index contributed by atoms with van der Waals surface area (Å²) in [6.07, 6.45) is 0. The second-order valence-corrected chi connectivity index (χ2v) is 7.45. The molecule has 32 heavy (non-hydrogen) atoms. The highest BCUT2D eigenvalue weighted by Gasteiger charge is 2.16. The van der Waals surface area contributed by atoms with E-state index < -0.39 is 10.8 Å². The number of nitro groups is 1. The van der Waals surface area contributed by atoms with Crippen LogP contribution in [0.5, 0.6) is 5.75 Å². The topological polar surface area (TPSA) is 102 Å². The average molecular weight is 474 g/mol. The second kappa shape index (κ2) is 10.1. The van der Waals surface area contributed by atoms with E-state index in [4.69, 9.17) is 27.9 Å². The van der Waals surface area contributed by atoms with Crippen molar-refractivity contribution >= 4 is 52.1 Å². The van der Waals surface area contributed by atoms with E-state index in [1.54, 1.807) is 43.4 Å². The molecular weight excluding hydrogens is 457 g/mol. The van der Waals surface area contributed by atoms with Gasteiger partial charge in [0.05, 0.1) is 15.0 Å². The van der Waals surface area contributed by atoms with E-state index in [1.807, 2.05) is 0 Å². The molecular formula is C22H17Cl2N3O5. The quantitative estimate of drug-likeness (QED) is 0.375. The molecule has 0 fully saturated rings. The van der Waals surface area contributed by atoms with E-state index in [0.717, 1.165) is 0 Å². The van der Waals surface area contributed by atoms with E-state index in [9.17, 15) is 19.7 Å². The molecule has 1 N–H and O–H groups in total. The molecule has 0 aliphatic heterocycles. The first-order chi connectivity index (χ1) is 15.2. The number of carbonyl (C=O) groups is 2. The van der Waals surface area contributed by atoms with Gasteiger partial charge in [0, 0.05) is 36.1 Å². The Labute approximate surface area is 193 Å². The van der Waals surface area contributed by atoms with Gasteiger partial charge in [0.1, 0.15) is 5.75 Å². The molecule has 0 atom stereocenters. The van der Waals surface area contributed by atoms with Crippen molar-refractivity contribution in [3.63, 3.8) is 0 Å². The highest BCUT2D eigenvalue weighted by molar-refractivity contribution is 6.42. The van der Waals surface area contributed by atoms with Gasteiger partial charge in [-0.3, -0.25) is 19.7 Å². The van der Waals surface area contributed by atoms with Crippen LogP contribution in [0.25, 0.3) is 0 Å². The number of anilines is 2. The smallest absolute Gasteiger partial charge is 0.270 e. The van der Waals surface area contributed by atoms with Gasteiger partial charge >= 0.3 is 0 Å². The normalized spacial score (nSPS) is 10.3. The van der Waals surface area contributed by atoms with Crippen LogP contribution in [0.2, 0.25) is 10.0 Å². The number of carbonyl (C=O) groups excluding carboxylic acids is 2. The number of rotatable bonds is 7. The Balaban J connectivity index is 1.58. The van der Waals surface area contributed by atoms with Gasteiger partial charge in [-0.05, 0) is 48.5 Å². The van der Waals surface area contributed by atoms with Crippen LogP contribution in [0.1, 0.15) is 10.4 Å². The predicted octanol–water partition coefficient (Wildman–Crippen LogP) is 5.20. The molecule has 0 bridgehead atoms. The Morgan fingerprint density at radius 1 is 1.03 bits per heavy atom. The zero-order valence-corrected chi connectivity index (χ0v) is 18.3. The maximum absolute atomic E-state index is 12.6. The number of benzene rings is 3. The molecule has 0 aliphatic carbocycles. The number of nitro benzene ring substituents is 1. The number of hydrogen-bond acceptors (Lipinski definition) is 5. The Morgan fingerprint density at radius 3 is 2.41 bits per heavy atom. The Bertz CT molecular complexity index is 1170. The summed E-state index contributed by atoms with van der Waals surface area (Å²) >= 11 is 11.8. The highest BCUT2D eigenvalue weighted by atomic mass is 35.5. The van der Waals surface area contributed by atoms with E-state index in [1.165, 1.54) is 35.2 Å². The first kappa shape index (κ1) is 23.1. The molecule has 0 saturated carbocycles. The van der Waals surface area contributed by atoms with Crippen molar-refractivity contribution in [1.29, 1.82) is 0 Å². The lowest BCUT2D eigenvalue weighted by atomic mass is 10.1. The number of amides is 2. The van der Waals surface area contributed by atoms with Crippen LogP contribution in [0.15, 0.2) is 66.7 Å². The summed E-state index contributed by atoms with van der Waals surface area (Å²) in [4.78, 5) is 36.4. The van der Waals surface area contributed by atoms with Gasteiger partial charge in [-0.25, -0.2) is 0 Å². The molecule has 0 aliphatic rings. The number of nitrogens with zero attached hydrogens (tertiary/aromatic N) is 2. The van der Waals surface area contributed by atoms with Gasteiger partial charge in [-0.2, -0.15) is 0 Å². The first-order valence-corrected chi connectivity index (χ1v) is 10.0. The van der Waals surface area contributed by atoms with E-state index >= 15 is 0 Å². The molecule has 8 nitrogen and oxygen atoms in total. The number of hydrogen-bond donors (Lipinski definition) is 1. The first-order valence-electron chi connectivity index (χ1n) is 9.25. The molecule has 10 heteroatoms. The van der Waals surface area contributed by atoms with Crippen LogP contribution < -0.4 is 15.0 Å². The number of halogens is 2. The molecule has 0 radical (unpaired) electrons. The SMILES string of the molecule is CN(C(=O)c1cccc([N+](=O)[O-])c1)c1ccc(OCC(=O)Nc2ccc(Cl)c(Cl)c2)cc1. The van der Waals surface area contributed by atoms with Crippen molar-refractivity contribution in [2.45, 2.75) is 0 Å². The molecule has 3 aromatic rings. The fourth-order valence-electron chi connectivity index (χ4n) is 2.75. The van der Waals surface area contributed by atoms with Crippen molar-refractivity contribution in [3.05, 3.63) is 92.5 Å². The van der Waals surface area contributed by atoms with E-state index in [2.05, 4.69) is 5.32 Å². The molecule has 3 rings (SSSR count). The van der Waals surface area contributed by atoms with Crippen LogP contribution in [0.4, 0.5) is 17.1 Å². The van der Waals surface area contributed by atoms with Gasteiger partial charge in [-0.15, -0.1) is 0 Å². The lowest BCUT2D eigenvalue weighted by Gasteiger charge is -2.18. The van der Waals surface area contributed by atoms with Crippen molar-refractivity contribution in [2.75, 3.05) is 23.9 Å². The summed E-state index contributed by atoms with van der Waals surface area (Å²) < 4.78 is 5.47. The van der Waals surface area contributed by atoms with Crippen LogP contribution >= 0.6 is 23.2 Å². The van der Waals surface area contributed by atoms with E-state index in [-0.39, 0.29) is 23.8 Å². The monoisotopic (exact) mass is 473 g/mol. The predicted molar refractivity (Wildman–Crippen MR) is 123 cm³/mol. The molecule has 164 valence electrons. The lowest BCUT2D eigenvalue weighted by Crippen LogP contribution is -2.26. The number of ether oxygens (including phenoxy) is 1. The minimum absolute atomic E-state index is 0.160. The van der Waals surface area contributed by atoms with Gasteiger partial charge in [-0.1, -0.05) is 29.3 Å². The van der Waals surface area contributed by atoms with Gasteiger partial charge in [0.2, 0.25) is 0 Å². The molecule has 0 aromatic heterocycles. The zero-order valence-electron chi connectivity index (χ0n) is 16.7. The summed E-state index contributed by atoms with van der Waals surface area (Å²) in [7, 11) is 1.56. The summed E-state index contributed by atoms with van der Waals surface area (Å²) in [5.74, 6) is -0.358. The molecule has 0 unspecified atom stereocenters. The van der Waals surface area contributed by atoms with Crippen LogP contribution in [0.3, 0.4) is 0 Å². The van der Waals surface area contributed by atoms with Gasteiger partial charge < -0.3 is 15.0 Å². The van der Waals surface area contributed by atoms with Crippen molar-refractivity contribution in [2.24, 2.45) is 0 Å². The van der Waals surface area contributed by atoms with Crippen LogP contribution in [-0.4, -0.2) is 30.4 Å². The molecule has 2 amide bonds. The van der Waals surface area contributed by atoms with Crippen molar-refractivity contribution < 1.29 is 19.2 Å². The largest absolute Gasteiger partial charge is 0.484 e. The van der Waals surface area contributed by atoms with Gasteiger partial charge in [0.25, 0.3) is 17.5 Å². The summed E-state index contributed by atoms with van der Waals surface area (Å²) in [5, 5.41) is 14.3. The van der Waals surface area contributed by atoms with Crippen molar-refractivity contribution in [1.82, 2.24) is 0 Å².